The maximum Gasteiger partial charge on any atom is 0.251 e. The van der Waals surface area contributed by atoms with E-state index >= 15 is 0 Å². The molecule has 2 heterocycles. The number of sulfonamides is 1. The number of likely N-dealkylation sites (tertiary alicyclic amines) is 1. The summed E-state index contributed by atoms with van der Waals surface area (Å²) in [6, 6.07) is 2.20. The van der Waals surface area contributed by atoms with Crippen molar-refractivity contribution in [2.24, 2.45) is 0 Å². The van der Waals surface area contributed by atoms with Crippen molar-refractivity contribution in [1.82, 2.24) is 14.2 Å². The number of imide groups is 1. The van der Waals surface area contributed by atoms with E-state index in [9.17, 15) is 18.0 Å². The summed E-state index contributed by atoms with van der Waals surface area (Å²) < 4.78 is 24.9. The second-order valence-corrected chi connectivity index (χ2v) is 7.01. The van der Waals surface area contributed by atoms with E-state index in [-0.39, 0.29) is 23.1 Å². The molecule has 2 rings (SSSR count). The highest BCUT2D eigenvalue weighted by atomic mass is 32.2. The molecule has 21 heavy (non-hydrogen) atoms. The number of hydrogen-bond acceptors (Lipinski definition) is 6. The number of nitrogens with one attached hydrogen (secondary N) is 1. The maximum atomic E-state index is 11.9. The van der Waals surface area contributed by atoms with Crippen LogP contribution in [0.5, 0.6) is 0 Å². The molecule has 1 atom stereocenters. The molecule has 1 fully saturated rings. The summed E-state index contributed by atoms with van der Waals surface area (Å²) in [6.45, 7) is 0. The van der Waals surface area contributed by atoms with Gasteiger partial charge in [-0.15, -0.1) is 0 Å². The molecule has 0 spiro atoms. The van der Waals surface area contributed by atoms with Gasteiger partial charge in [0, 0.05) is 27.3 Å². The first-order valence-electron chi connectivity index (χ1n) is 6.19. The monoisotopic (exact) mass is 312 g/mol. The number of aromatic nitrogens is 1. The number of hydrogen-bond donors (Lipinski definition) is 1. The molecule has 1 aromatic heterocycles. The van der Waals surface area contributed by atoms with Crippen molar-refractivity contribution in [2.45, 2.75) is 17.4 Å². The molecule has 0 radical (unpaired) electrons. The van der Waals surface area contributed by atoms with Gasteiger partial charge in [0.05, 0.1) is 6.42 Å². The minimum absolute atomic E-state index is 0.0593. The molecule has 2 amide bonds. The SMILES string of the molecule is CN1C(=O)CC(Nc2ccc(S(=O)(=O)N(C)C)cn2)C1=O. The molecule has 0 aromatic carbocycles. The van der Waals surface area contributed by atoms with Crippen LogP contribution >= 0.6 is 0 Å². The van der Waals surface area contributed by atoms with E-state index < -0.39 is 16.1 Å². The molecule has 0 bridgehead atoms. The molecule has 1 N–H and O–H groups in total. The molecule has 1 saturated heterocycles. The Morgan fingerprint density at radius 3 is 2.43 bits per heavy atom. The van der Waals surface area contributed by atoms with Crippen molar-refractivity contribution >= 4 is 27.7 Å². The zero-order valence-electron chi connectivity index (χ0n) is 11.9. The average molecular weight is 312 g/mol. The largest absolute Gasteiger partial charge is 0.358 e. The lowest BCUT2D eigenvalue weighted by Gasteiger charge is -2.13. The molecule has 1 aromatic rings. The number of amides is 2. The molecule has 8 nitrogen and oxygen atoms in total. The third-order valence-electron chi connectivity index (χ3n) is 3.22. The van der Waals surface area contributed by atoms with Crippen LogP contribution in [0.1, 0.15) is 6.42 Å². The summed E-state index contributed by atoms with van der Waals surface area (Å²) in [6.07, 6.45) is 1.28. The molecule has 0 aliphatic carbocycles. The van der Waals surface area contributed by atoms with E-state index in [0.717, 1.165) is 9.21 Å². The highest BCUT2D eigenvalue weighted by Gasteiger charge is 2.36. The zero-order chi connectivity index (χ0) is 15.8. The number of anilines is 1. The fraction of sp³-hybridized carbons (Fsp3) is 0.417. The van der Waals surface area contributed by atoms with Gasteiger partial charge in [-0.05, 0) is 12.1 Å². The van der Waals surface area contributed by atoms with E-state index in [1.54, 1.807) is 0 Å². The topological polar surface area (TPSA) is 99.7 Å². The van der Waals surface area contributed by atoms with Crippen LogP contribution in [0.4, 0.5) is 5.82 Å². The van der Waals surface area contributed by atoms with Gasteiger partial charge >= 0.3 is 0 Å². The van der Waals surface area contributed by atoms with Crippen molar-refractivity contribution in [3.63, 3.8) is 0 Å². The Morgan fingerprint density at radius 1 is 1.33 bits per heavy atom. The van der Waals surface area contributed by atoms with Gasteiger partial charge in [0.15, 0.2) is 0 Å². The summed E-state index contributed by atoms with van der Waals surface area (Å²) in [4.78, 5) is 28.2. The predicted octanol–water partition coefficient (Wildman–Crippen LogP) is -0.499. The van der Waals surface area contributed by atoms with Gasteiger partial charge in [-0.1, -0.05) is 0 Å². The number of carbonyl (C=O) groups excluding carboxylic acids is 2. The van der Waals surface area contributed by atoms with Crippen LogP contribution in [0.2, 0.25) is 0 Å². The second-order valence-electron chi connectivity index (χ2n) is 4.86. The van der Waals surface area contributed by atoms with Gasteiger partial charge < -0.3 is 5.32 Å². The summed E-state index contributed by atoms with van der Waals surface area (Å²) in [5.74, 6) is -0.245. The Morgan fingerprint density at radius 2 is 2.00 bits per heavy atom. The Kier molecular flexibility index (Phi) is 3.97. The molecule has 9 heteroatoms. The molecule has 1 unspecified atom stereocenters. The fourth-order valence-electron chi connectivity index (χ4n) is 1.88. The lowest BCUT2D eigenvalue weighted by molar-refractivity contribution is -0.136. The van der Waals surface area contributed by atoms with Crippen LogP contribution in [0.3, 0.4) is 0 Å². The van der Waals surface area contributed by atoms with E-state index in [0.29, 0.717) is 5.82 Å². The molecular weight excluding hydrogens is 296 g/mol. The third-order valence-corrected chi connectivity index (χ3v) is 5.02. The van der Waals surface area contributed by atoms with Crippen LogP contribution < -0.4 is 5.32 Å². The lowest BCUT2D eigenvalue weighted by Crippen LogP contribution is -2.32. The molecular formula is C12H16N4O4S. The van der Waals surface area contributed by atoms with Crippen LogP contribution in [-0.4, -0.2) is 61.6 Å². The minimum atomic E-state index is -3.54. The Balaban J connectivity index is 2.14. The van der Waals surface area contributed by atoms with E-state index in [1.165, 1.54) is 39.5 Å². The molecule has 114 valence electrons. The molecule has 1 aliphatic heterocycles. The first kappa shape index (κ1) is 15.4. The van der Waals surface area contributed by atoms with Gasteiger partial charge in [-0.25, -0.2) is 17.7 Å². The van der Waals surface area contributed by atoms with Crippen molar-refractivity contribution in [3.8, 4) is 0 Å². The highest BCUT2D eigenvalue weighted by molar-refractivity contribution is 7.89. The van der Waals surface area contributed by atoms with Crippen molar-refractivity contribution < 1.29 is 18.0 Å². The smallest absolute Gasteiger partial charge is 0.251 e. The van der Waals surface area contributed by atoms with Gasteiger partial charge in [0.25, 0.3) is 5.91 Å². The Labute approximate surface area is 122 Å². The first-order valence-corrected chi connectivity index (χ1v) is 7.63. The Bertz CT molecular complexity index is 669. The van der Waals surface area contributed by atoms with Crippen LogP contribution in [0.15, 0.2) is 23.2 Å². The number of pyridine rings is 1. The summed E-state index contributed by atoms with van der Waals surface area (Å²) >= 11 is 0. The number of carbonyl (C=O) groups is 2. The Hall–Kier alpha value is -2.00. The number of likely N-dealkylation sites (N-methyl/N-ethyl adjacent to an activating group) is 1. The minimum Gasteiger partial charge on any atom is -0.358 e. The molecule has 1 aliphatic rings. The van der Waals surface area contributed by atoms with Gasteiger partial charge in [-0.3, -0.25) is 14.5 Å². The summed E-state index contributed by atoms with van der Waals surface area (Å²) in [5, 5.41) is 2.83. The van der Waals surface area contributed by atoms with E-state index in [1.807, 2.05) is 0 Å². The summed E-state index contributed by atoms with van der Waals surface area (Å²) in [7, 11) is 0.749. The van der Waals surface area contributed by atoms with Crippen LogP contribution in [0, 0.1) is 0 Å². The maximum absolute atomic E-state index is 11.9. The number of nitrogens with zero attached hydrogens (tertiary/aromatic N) is 3. The van der Waals surface area contributed by atoms with E-state index in [2.05, 4.69) is 10.3 Å². The summed E-state index contributed by atoms with van der Waals surface area (Å²) in [5.41, 5.74) is 0. The average Bonchev–Trinajstić information content (AvgIpc) is 2.67. The fourth-order valence-corrected chi connectivity index (χ4v) is 2.72. The number of rotatable bonds is 4. The van der Waals surface area contributed by atoms with Crippen molar-refractivity contribution in [2.75, 3.05) is 26.5 Å². The van der Waals surface area contributed by atoms with Gasteiger partial charge in [-0.2, -0.15) is 0 Å². The first-order chi connectivity index (χ1) is 9.73. The predicted molar refractivity (Wildman–Crippen MR) is 74.9 cm³/mol. The van der Waals surface area contributed by atoms with E-state index in [4.69, 9.17) is 0 Å². The highest BCUT2D eigenvalue weighted by Crippen LogP contribution is 2.18. The standard InChI is InChI=1S/C12H16N4O4S/c1-15(2)21(19,20)8-4-5-10(13-7-8)14-9-6-11(17)16(3)12(9)18/h4-5,7,9H,6H2,1-3H3,(H,13,14). The second kappa shape index (κ2) is 5.41. The van der Waals surface area contributed by atoms with Crippen molar-refractivity contribution in [1.29, 1.82) is 0 Å². The van der Waals surface area contributed by atoms with Gasteiger partial charge in [0.2, 0.25) is 15.9 Å². The van der Waals surface area contributed by atoms with Gasteiger partial charge in [0.1, 0.15) is 16.8 Å². The van der Waals surface area contributed by atoms with Crippen LogP contribution in [0.25, 0.3) is 0 Å². The lowest BCUT2D eigenvalue weighted by atomic mass is 10.2. The molecule has 0 saturated carbocycles. The normalized spacial score (nSPS) is 19.4. The zero-order valence-corrected chi connectivity index (χ0v) is 12.7. The third kappa shape index (κ3) is 2.88. The van der Waals surface area contributed by atoms with Crippen LogP contribution in [-0.2, 0) is 19.6 Å². The van der Waals surface area contributed by atoms with Crippen molar-refractivity contribution in [3.05, 3.63) is 18.3 Å². The quantitative estimate of drug-likeness (QED) is 0.753.